The molecule has 0 bridgehead atoms. The molecule has 0 atom stereocenters. The first kappa shape index (κ1) is 25.0. The van der Waals surface area contributed by atoms with Crippen LogP contribution in [-0.2, 0) is 0 Å². The van der Waals surface area contributed by atoms with Gasteiger partial charge in [0.2, 0.25) is 5.95 Å². The van der Waals surface area contributed by atoms with Gasteiger partial charge in [-0.3, -0.25) is 13.8 Å². The molecule has 0 radical (unpaired) electrons. The second kappa shape index (κ2) is 9.30. The molecular weight excluding hydrogens is 566 g/mol. The molecule has 6 aromatic carbocycles. The summed E-state index contributed by atoms with van der Waals surface area (Å²) in [6.45, 7) is 0. The van der Waals surface area contributed by atoms with Gasteiger partial charge in [-0.2, -0.15) is 9.97 Å². The monoisotopic (exact) mass is 589 g/mol. The van der Waals surface area contributed by atoms with E-state index in [1.165, 1.54) is 0 Å². The average Bonchev–Trinajstić information content (AvgIpc) is 3.63. The van der Waals surface area contributed by atoms with E-state index in [9.17, 15) is 4.79 Å². The Morgan fingerprint density at radius 2 is 0.935 bits per heavy atom. The fourth-order valence-corrected chi connectivity index (χ4v) is 7.09. The molecule has 0 aliphatic carbocycles. The summed E-state index contributed by atoms with van der Waals surface area (Å²) >= 11 is 0. The average molecular weight is 590 g/mol. The van der Waals surface area contributed by atoms with Crippen LogP contribution in [0.15, 0.2) is 144 Å². The molecule has 4 heterocycles. The molecule has 214 valence electrons. The number of pyridine rings is 1. The van der Waals surface area contributed by atoms with Crippen LogP contribution in [0.2, 0.25) is 0 Å². The molecule has 0 aliphatic rings. The Balaban J connectivity index is 1.36. The SMILES string of the molecule is O=c1c2ccccc2c2cccc3c4cc5c(cc4n1c23)c1ccccc1n5-c1nc(-c2ccccc2)nc(-c2ccccc2)n1. The molecule has 0 aliphatic heterocycles. The standard InChI is InChI=1S/C40H23N5O/c46-39-30-18-8-7-16-26(30)28-19-11-20-29-32-23-34-31(22-35(32)45(39)36(28)29)27-17-9-10-21-33(27)44(34)40-42-37(24-12-3-1-4-13-24)41-38(43-40)25-14-5-2-6-15-25/h1-23H. The molecule has 6 heteroatoms. The molecule has 0 saturated heterocycles. The van der Waals surface area contributed by atoms with Crippen molar-refractivity contribution in [3.8, 4) is 28.7 Å². The third-order valence-electron chi connectivity index (χ3n) is 9.12. The van der Waals surface area contributed by atoms with Crippen LogP contribution in [0, 0.1) is 0 Å². The van der Waals surface area contributed by atoms with E-state index in [-0.39, 0.29) is 5.56 Å². The van der Waals surface area contributed by atoms with Crippen LogP contribution < -0.4 is 5.56 Å². The second-order valence-corrected chi connectivity index (χ2v) is 11.6. The minimum atomic E-state index is -0.00476. The minimum absolute atomic E-state index is 0.00476. The molecule has 10 aromatic rings. The summed E-state index contributed by atoms with van der Waals surface area (Å²) < 4.78 is 4.03. The number of hydrogen-bond acceptors (Lipinski definition) is 4. The van der Waals surface area contributed by atoms with Crippen LogP contribution in [0.5, 0.6) is 0 Å². The zero-order chi connectivity index (χ0) is 30.4. The van der Waals surface area contributed by atoms with Crippen molar-refractivity contribution in [2.75, 3.05) is 0 Å². The smallest absolute Gasteiger partial charge is 0.263 e. The fraction of sp³-hybridized carbons (Fsp3) is 0. The van der Waals surface area contributed by atoms with Crippen molar-refractivity contribution in [1.82, 2.24) is 23.9 Å². The highest BCUT2D eigenvalue weighted by Crippen LogP contribution is 2.39. The van der Waals surface area contributed by atoms with Crippen LogP contribution in [0.1, 0.15) is 0 Å². The Bertz CT molecular complexity index is 2810. The highest BCUT2D eigenvalue weighted by atomic mass is 16.1. The summed E-state index contributed by atoms with van der Waals surface area (Å²) in [7, 11) is 0. The molecule has 0 amide bonds. The third kappa shape index (κ3) is 3.41. The van der Waals surface area contributed by atoms with Gasteiger partial charge >= 0.3 is 0 Å². The summed E-state index contributed by atoms with van der Waals surface area (Å²) in [6.07, 6.45) is 0. The maximum atomic E-state index is 14.1. The molecule has 0 N–H and O–H groups in total. The van der Waals surface area contributed by atoms with Gasteiger partial charge in [-0.05, 0) is 29.7 Å². The first-order valence-corrected chi connectivity index (χ1v) is 15.3. The van der Waals surface area contributed by atoms with Crippen LogP contribution in [0.25, 0.3) is 88.5 Å². The van der Waals surface area contributed by atoms with Gasteiger partial charge in [-0.25, -0.2) is 4.98 Å². The van der Waals surface area contributed by atoms with Crippen LogP contribution in [0.3, 0.4) is 0 Å². The predicted molar refractivity (Wildman–Crippen MR) is 186 cm³/mol. The molecule has 0 fully saturated rings. The van der Waals surface area contributed by atoms with Crippen molar-refractivity contribution in [1.29, 1.82) is 0 Å². The molecular formula is C40H23N5O. The lowest BCUT2D eigenvalue weighted by molar-refractivity contribution is 0.954. The van der Waals surface area contributed by atoms with Gasteiger partial charge in [0.15, 0.2) is 11.6 Å². The number of para-hydroxylation sites is 2. The summed E-state index contributed by atoms with van der Waals surface area (Å²) in [6, 6.07) is 46.9. The Morgan fingerprint density at radius 1 is 0.413 bits per heavy atom. The van der Waals surface area contributed by atoms with E-state index >= 15 is 0 Å². The number of fused-ring (bicyclic) bond motifs is 8. The first-order valence-electron chi connectivity index (χ1n) is 15.3. The maximum absolute atomic E-state index is 14.1. The summed E-state index contributed by atoms with van der Waals surface area (Å²) in [4.78, 5) is 29.1. The normalized spacial score (nSPS) is 12.0. The topological polar surface area (TPSA) is 65.1 Å². The van der Waals surface area contributed by atoms with E-state index in [2.05, 4.69) is 47.0 Å². The van der Waals surface area contributed by atoms with Crippen LogP contribution in [0.4, 0.5) is 0 Å². The lowest BCUT2D eigenvalue weighted by atomic mass is 10.0. The molecule has 4 aromatic heterocycles. The molecule has 0 saturated carbocycles. The highest BCUT2D eigenvalue weighted by Gasteiger charge is 2.22. The number of aromatic nitrogens is 5. The molecule has 6 nitrogen and oxygen atoms in total. The van der Waals surface area contributed by atoms with Crippen molar-refractivity contribution in [3.05, 3.63) is 150 Å². The van der Waals surface area contributed by atoms with E-state index in [0.29, 0.717) is 17.6 Å². The van der Waals surface area contributed by atoms with E-state index in [4.69, 9.17) is 15.0 Å². The number of nitrogens with zero attached hydrogens (tertiary/aromatic N) is 5. The van der Waals surface area contributed by atoms with Gasteiger partial charge in [-0.15, -0.1) is 0 Å². The largest absolute Gasteiger partial charge is 0.278 e. The Kier molecular flexibility index (Phi) is 5.05. The first-order chi connectivity index (χ1) is 22.7. The number of hydrogen-bond donors (Lipinski definition) is 0. The van der Waals surface area contributed by atoms with E-state index < -0.39 is 0 Å². The predicted octanol–water partition coefficient (Wildman–Crippen LogP) is 8.81. The molecule has 0 unspecified atom stereocenters. The van der Waals surface area contributed by atoms with Crippen molar-refractivity contribution in [3.63, 3.8) is 0 Å². The summed E-state index contributed by atoms with van der Waals surface area (Å²) in [5, 5.41) is 6.89. The van der Waals surface area contributed by atoms with Crippen LogP contribution in [-0.4, -0.2) is 23.9 Å². The Hall–Kier alpha value is -6.40. The lowest BCUT2D eigenvalue weighted by Gasteiger charge is -2.11. The molecule has 0 spiro atoms. The quantitative estimate of drug-likeness (QED) is 0.193. The van der Waals surface area contributed by atoms with Crippen molar-refractivity contribution < 1.29 is 0 Å². The van der Waals surface area contributed by atoms with E-state index in [0.717, 1.165) is 70.9 Å². The highest BCUT2D eigenvalue weighted by molar-refractivity contribution is 6.23. The summed E-state index contributed by atoms with van der Waals surface area (Å²) in [5.41, 5.74) is 5.61. The lowest BCUT2D eigenvalue weighted by Crippen LogP contribution is -2.12. The zero-order valence-electron chi connectivity index (χ0n) is 24.4. The number of benzene rings is 6. The van der Waals surface area contributed by atoms with Gasteiger partial charge in [0.1, 0.15) is 0 Å². The molecule has 46 heavy (non-hydrogen) atoms. The third-order valence-corrected chi connectivity index (χ3v) is 9.12. The Labute approximate surface area is 261 Å². The maximum Gasteiger partial charge on any atom is 0.263 e. The minimum Gasteiger partial charge on any atom is -0.278 e. The fourth-order valence-electron chi connectivity index (χ4n) is 7.09. The van der Waals surface area contributed by atoms with Gasteiger partial charge in [0.25, 0.3) is 5.56 Å². The van der Waals surface area contributed by atoms with E-state index in [1.54, 1.807) is 0 Å². The second-order valence-electron chi connectivity index (χ2n) is 11.6. The van der Waals surface area contributed by atoms with Crippen molar-refractivity contribution >= 4 is 59.8 Å². The molecule has 10 rings (SSSR count). The van der Waals surface area contributed by atoms with Gasteiger partial charge in [-0.1, -0.05) is 115 Å². The number of rotatable bonds is 3. The zero-order valence-corrected chi connectivity index (χ0v) is 24.4. The van der Waals surface area contributed by atoms with Gasteiger partial charge in [0.05, 0.1) is 22.1 Å². The van der Waals surface area contributed by atoms with E-state index in [1.807, 2.05) is 101 Å². The van der Waals surface area contributed by atoms with Crippen molar-refractivity contribution in [2.24, 2.45) is 0 Å². The van der Waals surface area contributed by atoms with Crippen LogP contribution >= 0.6 is 0 Å². The summed E-state index contributed by atoms with van der Waals surface area (Å²) in [5.74, 6) is 1.74. The van der Waals surface area contributed by atoms with Gasteiger partial charge < -0.3 is 0 Å². The Morgan fingerprint density at radius 3 is 1.63 bits per heavy atom. The van der Waals surface area contributed by atoms with Gasteiger partial charge in [0, 0.05) is 43.4 Å². The van der Waals surface area contributed by atoms with Crippen molar-refractivity contribution in [2.45, 2.75) is 0 Å².